The second-order valence-electron chi connectivity index (χ2n) is 11.9. The highest BCUT2D eigenvalue weighted by Crippen LogP contribution is 2.33. The van der Waals surface area contributed by atoms with Gasteiger partial charge in [0.05, 0.1) is 33.4 Å². The number of aryl methyl sites for hydroxylation is 2. The van der Waals surface area contributed by atoms with Crippen molar-refractivity contribution in [2.24, 2.45) is 0 Å². The molecule has 0 spiro atoms. The molecule has 2 heterocycles. The van der Waals surface area contributed by atoms with Gasteiger partial charge >= 0.3 is 12.4 Å². The summed E-state index contributed by atoms with van der Waals surface area (Å²) >= 11 is 0. The molecule has 0 saturated carbocycles. The molecule has 0 radical (unpaired) electrons. The fourth-order valence-electron chi connectivity index (χ4n) is 6.11. The molecular formula is C38H24F6N4O2. The zero-order chi connectivity index (χ0) is 35.5. The Kier molecular flexibility index (Phi) is 7.69. The topological polar surface area (TPSA) is 69.8 Å². The summed E-state index contributed by atoms with van der Waals surface area (Å²) in [6.07, 6.45) is -6.58. The highest BCUT2D eigenvalue weighted by Gasteiger charge is 2.40. The number of imidazole rings is 2. The molecule has 250 valence electrons. The summed E-state index contributed by atoms with van der Waals surface area (Å²) in [5.41, 5.74) is 7.55. The van der Waals surface area contributed by atoms with Gasteiger partial charge in [-0.05, 0) is 95.8 Å². The molecule has 0 aliphatic carbocycles. The second kappa shape index (κ2) is 11.8. The lowest BCUT2D eigenvalue weighted by Gasteiger charge is -2.13. The monoisotopic (exact) mass is 682 g/mol. The van der Waals surface area contributed by atoms with E-state index in [0.29, 0.717) is 33.3 Å². The van der Waals surface area contributed by atoms with Crippen LogP contribution in [-0.4, -0.2) is 43.0 Å². The van der Waals surface area contributed by atoms with Gasteiger partial charge in [0.25, 0.3) is 11.6 Å². The molecular weight excluding hydrogens is 658 g/mol. The van der Waals surface area contributed by atoms with Crippen molar-refractivity contribution in [2.75, 3.05) is 0 Å². The van der Waals surface area contributed by atoms with Crippen molar-refractivity contribution >= 4 is 33.6 Å². The van der Waals surface area contributed by atoms with Crippen LogP contribution in [0.4, 0.5) is 26.3 Å². The summed E-state index contributed by atoms with van der Waals surface area (Å²) in [5, 5.41) is 0. The molecule has 12 heteroatoms. The number of Topliss-reactive ketones (excluding diaryl/α,β-unsaturated/α-hetero) is 2. The number of hydrogen-bond donors (Lipinski definition) is 0. The fourth-order valence-corrected chi connectivity index (χ4v) is 6.11. The van der Waals surface area contributed by atoms with E-state index in [9.17, 15) is 35.9 Å². The minimum atomic E-state index is -4.97. The maximum absolute atomic E-state index is 13.0. The van der Waals surface area contributed by atoms with Gasteiger partial charge in [0.2, 0.25) is 0 Å². The van der Waals surface area contributed by atoms with Crippen LogP contribution in [0.2, 0.25) is 0 Å². The van der Waals surface area contributed by atoms with E-state index in [1.807, 2.05) is 59.4 Å². The first-order chi connectivity index (χ1) is 23.7. The average Bonchev–Trinajstić information content (AvgIpc) is 3.69. The van der Waals surface area contributed by atoms with E-state index in [-0.39, 0.29) is 0 Å². The molecule has 0 aliphatic rings. The highest BCUT2D eigenvalue weighted by molar-refractivity contribution is 6.02. The SMILES string of the molecule is Cc1cc(-c2cccc(C(=O)C(F)(F)F)c2)ccc1-n1cnc2cc3c(cc21)ncn3-c1ccc(-c2cccc(C(=O)C(F)(F)F)c2)cc1C. The van der Waals surface area contributed by atoms with Crippen molar-refractivity contribution in [1.29, 1.82) is 0 Å². The van der Waals surface area contributed by atoms with Crippen molar-refractivity contribution in [1.82, 2.24) is 19.1 Å². The van der Waals surface area contributed by atoms with Crippen molar-refractivity contribution in [3.05, 3.63) is 132 Å². The van der Waals surface area contributed by atoms with E-state index in [1.165, 1.54) is 24.3 Å². The third-order valence-corrected chi connectivity index (χ3v) is 8.56. The van der Waals surface area contributed by atoms with Crippen molar-refractivity contribution in [3.63, 3.8) is 0 Å². The van der Waals surface area contributed by atoms with Crippen molar-refractivity contribution in [2.45, 2.75) is 26.2 Å². The Labute approximate surface area is 280 Å². The Morgan fingerprint density at radius 3 is 1.26 bits per heavy atom. The molecule has 7 rings (SSSR count). The molecule has 0 fully saturated rings. The Balaban J connectivity index is 1.20. The molecule has 0 aliphatic heterocycles. The highest BCUT2D eigenvalue weighted by atomic mass is 19.4. The zero-order valence-electron chi connectivity index (χ0n) is 26.3. The van der Waals surface area contributed by atoms with Crippen LogP contribution in [0.25, 0.3) is 55.7 Å². The third kappa shape index (κ3) is 5.82. The van der Waals surface area contributed by atoms with Crippen LogP contribution < -0.4 is 0 Å². The number of benzene rings is 5. The van der Waals surface area contributed by atoms with Crippen molar-refractivity contribution < 1.29 is 35.9 Å². The van der Waals surface area contributed by atoms with Crippen LogP contribution >= 0.6 is 0 Å². The number of halogens is 6. The molecule has 5 aromatic carbocycles. The van der Waals surface area contributed by atoms with Gasteiger partial charge < -0.3 is 0 Å². The number of alkyl halides is 6. The maximum atomic E-state index is 13.0. The van der Waals surface area contributed by atoms with Crippen molar-refractivity contribution in [3.8, 4) is 33.6 Å². The van der Waals surface area contributed by atoms with E-state index in [4.69, 9.17) is 0 Å². The predicted molar refractivity (Wildman–Crippen MR) is 177 cm³/mol. The minimum Gasteiger partial charge on any atom is -0.299 e. The zero-order valence-corrected chi connectivity index (χ0v) is 26.3. The predicted octanol–water partition coefficient (Wildman–Crippen LogP) is 9.81. The van der Waals surface area contributed by atoms with Crippen LogP contribution in [0.3, 0.4) is 0 Å². The molecule has 2 aromatic heterocycles. The molecule has 0 unspecified atom stereocenters. The van der Waals surface area contributed by atoms with E-state index >= 15 is 0 Å². The third-order valence-electron chi connectivity index (χ3n) is 8.56. The number of rotatable bonds is 6. The number of aromatic nitrogens is 4. The lowest BCUT2D eigenvalue weighted by atomic mass is 9.99. The Hall–Kier alpha value is -6.04. The van der Waals surface area contributed by atoms with Gasteiger partial charge in [-0.15, -0.1) is 0 Å². The molecule has 7 aromatic rings. The summed E-state index contributed by atoms with van der Waals surface area (Å²) in [5.74, 6) is -3.79. The lowest BCUT2D eigenvalue weighted by Crippen LogP contribution is -2.22. The van der Waals surface area contributed by atoms with Crippen LogP contribution in [0, 0.1) is 13.8 Å². The van der Waals surface area contributed by atoms with Crippen LogP contribution in [0.5, 0.6) is 0 Å². The average molecular weight is 683 g/mol. The van der Waals surface area contributed by atoms with E-state index in [1.54, 1.807) is 36.9 Å². The number of ketones is 2. The lowest BCUT2D eigenvalue weighted by molar-refractivity contribution is -0.0888. The number of hydrogen-bond acceptors (Lipinski definition) is 4. The Bertz CT molecular complexity index is 2320. The molecule has 6 nitrogen and oxygen atoms in total. The number of carbonyl (C=O) groups is 2. The normalized spacial score (nSPS) is 12.2. The summed E-state index contributed by atoms with van der Waals surface area (Å²) in [7, 11) is 0. The van der Waals surface area contributed by atoms with Crippen LogP contribution in [0.1, 0.15) is 31.8 Å². The van der Waals surface area contributed by atoms with E-state index in [0.717, 1.165) is 45.7 Å². The molecule has 0 N–H and O–H groups in total. The van der Waals surface area contributed by atoms with Crippen LogP contribution in [-0.2, 0) is 0 Å². The van der Waals surface area contributed by atoms with Gasteiger partial charge in [-0.3, -0.25) is 18.7 Å². The van der Waals surface area contributed by atoms with Gasteiger partial charge in [-0.2, -0.15) is 26.3 Å². The Morgan fingerprint density at radius 2 is 0.900 bits per heavy atom. The summed E-state index contributed by atoms with van der Waals surface area (Å²) in [4.78, 5) is 32.8. The quantitative estimate of drug-likeness (QED) is 0.129. The van der Waals surface area contributed by atoms with Gasteiger partial charge in [0.15, 0.2) is 0 Å². The first-order valence-corrected chi connectivity index (χ1v) is 15.2. The minimum absolute atomic E-state index is 0.431. The molecule has 0 atom stereocenters. The summed E-state index contributed by atoms with van der Waals surface area (Å²) in [6, 6.07) is 25.6. The molecule has 0 bridgehead atoms. The maximum Gasteiger partial charge on any atom is 0.454 e. The van der Waals surface area contributed by atoms with Gasteiger partial charge in [0, 0.05) is 11.1 Å². The smallest absolute Gasteiger partial charge is 0.299 e. The largest absolute Gasteiger partial charge is 0.454 e. The molecule has 50 heavy (non-hydrogen) atoms. The standard InChI is InChI=1S/C38H24F6N4O2/c1-21-13-25(23-5-3-7-27(15-23)35(49)37(39,40)41)9-11-31(21)47-19-45-29-18-34-30(17-33(29)47)46-20-48(34)32-12-10-26(14-22(32)2)24-6-4-8-28(16-24)36(50)38(42,43)44/h3-20H,1-2H3. The van der Waals surface area contributed by atoms with Gasteiger partial charge in [-0.1, -0.05) is 48.5 Å². The summed E-state index contributed by atoms with van der Waals surface area (Å²) in [6.45, 7) is 3.75. The van der Waals surface area contributed by atoms with Gasteiger partial charge in [-0.25, -0.2) is 9.97 Å². The number of fused-ring (bicyclic) bond motifs is 2. The number of nitrogens with zero attached hydrogens (tertiary/aromatic N) is 4. The number of carbonyl (C=O) groups excluding carboxylic acids is 2. The Morgan fingerprint density at radius 1 is 0.520 bits per heavy atom. The molecule has 0 amide bonds. The first kappa shape index (κ1) is 32.5. The first-order valence-electron chi connectivity index (χ1n) is 15.2. The second-order valence-corrected chi connectivity index (χ2v) is 11.9. The van der Waals surface area contributed by atoms with E-state index in [2.05, 4.69) is 9.97 Å². The fraction of sp³-hybridized carbons (Fsp3) is 0.105. The summed E-state index contributed by atoms with van der Waals surface area (Å²) < 4.78 is 81.8. The van der Waals surface area contributed by atoms with Gasteiger partial charge in [0.1, 0.15) is 12.7 Å². The van der Waals surface area contributed by atoms with Crippen LogP contribution in [0.15, 0.2) is 110 Å². The molecule has 0 saturated heterocycles. The van der Waals surface area contributed by atoms with E-state index < -0.39 is 35.0 Å².